The lowest BCUT2D eigenvalue weighted by atomic mass is 10.1. The van der Waals surface area contributed by atoms with Crippen LogP contribution in [0.5, 0.6) is 0 Å². The van der Waals surface area contributed by atoms with Crippen LogP contribution in [0.15, 0.2) is 30.6 Å². The minimum absolute atomic E-state index is 0.601. The second kappa shape index (κ2) is 4.23. The molecule has 0 aliphatic heterocycles. The number of nitrogens with one attached hydrogen (secondary N) is 2. The number of fused-ring (bicyclic) bond motifs is 3. The summed E-state index contributed by atoms with van der Waals surface area (Å²) in [6.07, 6.45) is 8.94. The second-order valence-electron chi connectivity index (χ2n) is 5.28. The van der Waals surface area contributed by atoms with Gasteiger partial charge in [-0.05, 0) is 31.0 Å². The van der Waals surface area contributed by atoms with Gasteiger partial charge < -0.3 is 5.32 Å². The molecule has 0 bridgehead atoms. The first-order valence-electron chi connectivity index (χ1n) is 6.89. The molecule has 1 aromatic carbocycles. The Morgan fingerprint density at radius 2 is 2.05 bits per heavy atom. The summed E-state index contributed by atoms with van der Waals surface area (Å²) in [5.41, 5.74) is 3.26. The smallest absolute Gasteiger partial charge is 0.0765 e. The van der Waals surface area contributed by atoms with E-state index in [4.69, 9.17) is 0 Å². The predicted molar refractivity (Wildman–Crippen MR) is 77.3 cm³/mol. The Bertz CT molecular complexity index is 725. The average molecular weight is 252 g/mol. The third-order valence-electron chi connectivity index (χ3n) is 4.03. The number of rotatable bonds is 2. The maximum atomic E-state index is 4.46. The Hall–Kier alpha value is -2.10. The van der Waals surface area contributed by atoms with Crippen molar-refractivity contribution in [2.45, 2.75) is 31.7 Å². The van der Waals surface area contributed by atoms with E-state index in [1.54, 1.807) is 0 Å². The van der Waals surface area contributed by atoms with Crippen molar-refractivity contribution in [2.75, 3.05) is 5.32 Å². The topological polar surface area (TPSA) is 53.6 Å². The maximum absolute atomic E-state index is 4.46. The summed E-state index contributed by atoms with van der Waals surface area (Å²) in [5.74, 6) is 0. The summed E-state index contributed by atoms with van der Waals surface area (Å²) >= 11 is 0. The summed E-state index contributed by atoms with van der Waals surface area (Å²) in [6, 6.07) is 6.80. The first kappa shape index (κ1) is 10.8. The number of aromatic amines is 1. The van der Waals surface area contributed by atoms with Crippen LogP contribution in [-0.2, 0) is 0 Å². The van der Waals surface area contributed by atoms with Gasteiger partial charge in [0.25, 0.3) is 0 Å². The fraction of sp³-hybridized carbons (Fsp3) is 0.333. The highest BCUT2D eigenvalue weighted by Gasteiger charge is 2.16. The van der Waals surface area contributed by atoms with E-state index in [0.29, 0.717) is 6.04 Å². The largest absolute Gasteiger partial charge is 0.382 e. The van der Waals surface area contributed by atoms with Gasteiger partial charge in [0.15, 0.2) is 0 Å². The van der Waals surface area contributed by atoms with Gasteiger partial charge in [0, 0.05) is 28.7 Å². The molecule has 4 nitrogen and oxygen atoms in total. The molecule has 0 saturated heterocycles. The number of anilines is 1. The molecule has 1 fully saturated rings. The van der Waals surface area contributed by atoms with Crippen molar-refractivity contribution in [2.24, 2.45) is 0 Å². The van der Waals surface area contributed by atoms with Gasteiger partial charge in [-0.1, -0.05) is 12.8 Å². The molecule has 3 aromatic rings. The zero-order valence-corrected chi connectivity index (χ0v) is 10.7. The third kappa shape index (κ3) is 1.75. The number of hydrogen-bond donors (Lipinski definition) is 2. The van der Waals surface area contributed by atoms with E-state index >= 15 is 0 Å². The SMILES string of the molecule is c1cc(NC2CCCC2)c2c(ccc3cn[nH]c32)n1. The number of aromatic nitrogens is 3. The van der Waals surface area contributed by atoms with Crippen LogP contribution in [0.4, 0.5) is 5.69 Å². The highest BCUT2D eigenvalue weighted by atomic mass is 15.1. The normalized spacial score (nSPS) is 16.4. The minimum atomic E-state index is 0.601. The summed E-state index contributed by atoms with van der Waals surface area (Å²) in [7, 11) is 0. The van der Waals surface area contributed by atoms with Gasteiger partial charge in [0.05, 0.1) is 17.2 Å². The van der Waals surface area contributed by atoms with E-state index in [1.807, 2.05) is 12.4 Å². The molecule has 96 valence electrons. The summed E-state index contributed by atoms with van der Waals surface area (Å²) in [6.45, 7) is 0. The Kier molecular flexibility index (Phi) is 2.40. The first-order valence-corrected chi connectivity index (χ1v) is 6.89. The molecular formula is C15H16N4. The van der Waals surface area contributed by atoms with Crippen molar-refractivity contribution >= 4 is 27.5 Å². The molecule has 1 aliphatic rings. The van der Waals surface area contributed by atoms with Crippen LogP contribution in [0, 0.1) is 0 Å². The van der Waals surface area contributed by atoms with Crippen LogP contribution < -0.4 is 5.32 Å². The van der Waals surface area contributed by atoms with Crippen LogP contribution in [0.2, 0.25) is 0 Å². The van der Waals surface area contributed by atoms with E-state index in [-0.39, 0.29) is 0 Å². The maximum Gasteiger partial charge on any atom is 0.0765 e. The third-order valence-corrected chi connectivity index (χ3v) is 4.03. The lowest BCUT2D eigenvalue weighted by Gasteiger charge is -2.15. The Morgan fingerprint density at radius 1 is 1.16 bits per heavy atom. The summed E-state index contributed by atoms with van der Waals surface area (Å²) in [4.78, 5) is 4.46. The zero-order valence-electron chi connectivity index (χ0n) is 10.7. The van der Waals surface area contributed by atoms with Gasteiger partial charge in [-0.3, -0.25) is 10.1 Å². The van der Waals surface area contributed by atoms with Crippen LogP contribution in [0.3, 0.4) is 0 Å². The monoisotopic (exact) mass is 252 g/mol. The van der Waals surface area contributed by atoms with E-state index < -0.39 is 0 Å². The number of H-pyrrole nitrogens is 1. The van der Waals surface area contributed by atoms with Gasteiger partial charge in [-0.25, -0.2) is 0 Å². The second-order valence-corrected chi connectivity index (χ2v) is 5.28. The van der Waals surface area contributed by atoms with E-state index in [2.05, 4.69) is 38.7 Å². The minimum Gasteiger partial charge on any atom is -0.382 e. The fourth-order valence-electron chi connectivity index (χ4n) is 3.07. The molecule has 0 amide bonds. The highest BCUT2D eigenvalue weighted by molar-refractivity contribution is 6.09. The van der Waals surface area contributed by atoms with Crippen molar-refractivity contribution in [3.05, 3.63) is 30.6 Å². The fourth-order valence-corrected chi connectivity index (χ4v) is 3.07. The Labute approximate surface area is 111 Å². The molecule has 4 rings (SSSR count). The number of pyridine rings is 1. The predicted octanol–water partition coefficient (Wildman–Crippen LogP) is 3.47. The van der Waals surface area contributed by atoms with Gasteiger partial charge >= 0.3 is 0 Å². The number of benzene rings is 1. The van der Waals surface area contributed by atoms with Crippen LogP contribution >= 0.6 is 0 Å². The lowest BCUT2D eigenvalue weighted by Crippen LogP contribution is -2.14. The van der Waals surface area contributed by atoms with Crippen LogP contribution in [0.1, 0.15) is 25.7 Å². The van der Waals surface area contributed by atoms with Crippen molar-refractivity contribution in [1.82, 2.24) is 15.2 Å². The van der Waals surface area contributed by atoms with Gasteiger partial charge in [-0.2, -0.15) is 5.10 Å². The molecule has 4 heteroatoms. The zero-order chi connectivity index (χ0) is 12.7. The van der Waals surface area contributed by atoms with Crippen LogP contribution in [0.25, 0.3) is 21.8 Å². The van der Waals surface area contributed by atoms with E-state index in [0.717, 1.165) is 21.8 Å². The molecule has 2 heterocycles. The quantitative estimate of drug-likeness (QED) is 0.734. The molecule has 0 radical (unpaired) electrons. The van der Waals surface area contributed by atoms with Crippen molar-refractivity contribution < 1.29 is 0 Å². The molecule has 1 aliphatic carbocycles. The molecule has 2 aromatic heterocycles. The van der Waals surface area contributed by atoms with Crippen LogP contribution in [-0.4, -0.2) is 21.2 Å². The first-order chi connectivity index (χ1) is 9.42. The highest BCUT2D eigenvalue weighted by Crippen LogP contribution is 2.31. The summed E-state index contributed by atoms with van der Waals surface area (Å²) < 4.78 is 0. The van der Waals surface area contributed by atoms with Crippen molar-refractivity contribution in [3.63, 3.8) is 0 Å². The molecular weight excluding hydrogens is 236 g/mol. The Morgan fingerprint density at radius 3 is 2.95 bits per heavy atom. The Balaban J connectivity index is 1.90. The van der Waals surface area contributed by atoms with E-state index in [1.165, 1.54) is 31.4 Å². The molecule has 2 N–H and O–H groups in total. The van der Waals surface area contributed by atoms with Gasteiger partial charge in [0.1, 0.15) is 0 Å². The molecule has 19 heavy (non-hydrogen) atoms. The molecule has 1 saturated carbocycles. The van der Waals surface area contributed by atoms with Crippen molar-refractivity contribution in [3.8, 4) is 0 Å². The lowest BCUT2D eigenvalue weighted by molar-refractivity contribution is 0.756. The summed E-state index contributed by atoms with van der Waals surface area (Å²) in [5, 5.41) is 13.2. The van der Waals surface area contributed by atoms with Crippen molar-refractivity contribution in [1.29, 1.82) is 0 Å². The molecule has 0 unspecified atom stereocenters. The number of hydrogen-bond acceptors (Lipinski definition) is 3. The molecule has 0 spiro atoms. The van der Waals surface area contributed by atoms with E-state index in [9.17, 15) is 0 Å². The molecule has 0 atom stereocenters. The number of nitrogens with zero attached hydrogens (tertiary/aromatic N) is 2. The average Bonchev–Trinajstić information content (AvgIpc) is 3.08. The van der Waals surface area contributed by atoms with Gasteiger partial charge in [-0.15, -0.1) is 0 Å². The van der Waals surface area contributed by atoms with Gasteiger partial charge in [0.2, 0.25) is 0 Å². The standard InChI is InChI=1S/C15H16N4/c1-2-4-11(3-1)18-13-7-8-16-12-6-5-10-9-17-19-15(10)14(12)13/h5-9,11H,1-4H2,(H,16,18)(H,17,19).